The Kier molecular flexibility index (Phi) is 10.8. The highest BCUT2D eigenvalue weighted by atomic mass is 14.7. The van der Waals surface area contributed by atoms with Gasteiger partial charge in [-0.1, -0.05) is 93.5 Å². The minimum atomic E-state index is 0.211. The van der Waals surface area contributed by atoms with Crippen molar-refractivity contribution < 1.29 is 0 Å². The molecule has 0 unspecified atom stereocenters. The van der Waals surface area contributed by atoms with Crippen LogP contribution in [0.4, 0.5) is 0 Å². The Bertz CT molecular complexity index is 896. The minimum Gasteiger partial charge on any atom is -0.298 e. The number of hydrogen-bond donors (Lipinski definition) is 0. The molecule has 1 fully saturated rings. The lowest BCUT2D eigenvalue weighted by atomic mass is 9.59. The van der Waals surface area contributed by atoms with Crippen molar-refractivity contribution in [3.8, 4) is 0 Å². The van der Waals surface area contributed by atoms with Gasteiger partial charge in [0.15, 0.2) is 0 Å². The molecule has 1 nitrogen and oxygen atoms in total. The van der Waals surface area contributed by atoms with Gasteiger partial charge in [-0.2, -0.15) is 0 Å². The highest BCUT2D eigenvalue weighted by Crippen LogP contribution is 2.51. The first kappa shape index (κ1) is 26.8. The van der Waals surface area contributed by atoms with Crippen LogP contribution in [-0.4, -0.2) is 12.8 Å². The second-order valence-corrected chi connectivity index (χ2v) is 9.63. The predicted molar refractivity (Wildman–Crippen MR) is 149 cm³/mol. The van der Waals surface area contributed by atoms with E-state index in [1.165, 1.54) is 46.4 Å². The number of aliphatic imine (C=N–C) groups is 1. The molecule has 0 atom stereocenters. The average Bonchev–Trinajstić information content (AvgIpc) is 2.79. The van der Waals surface area contributed by atoms with Crippen molar-refractivity contribution in [3.63, 3.8) is 0 Å². The quantitative estimate of drug-likeness (QED) is 0.173. The first-order valence-corrected chi connectivity index (χ1v) is 12.8. The molecule has 0 heterocycles. The van der Waals surface area contributed by atoms with Crippen LogP contribution >= 0.6 is 0 Å². The Hall–Kier alpha value is -2.41. The van der Waals surface area contributed by atoms with E-state index in [2.05, 4.69) is 107 Å². The number of rotatable bonds is 12. The van der Waals surface area contributed by atoms with Crippen molar-refractivity contribution in [3.05, 3.63) is 89.6 Å². The fourth-order valence-corrected chi connectivity index (χ4v) is 4.89. The van der Waals surface area contributed by atoms with Crippen molar-refractivity contribution in [1.82, 2.24) is 0 Å². The largest absolute Gasteiger partial charge is 0.298 e. The van der Waals surface area contributed by atoms with Crippen LogP contribution in [0.1, 0.15) is 83.8 Å². The van der Waals surface area contributed by atoms with Gasteiger partial charge in [-0.3, -0.25) is 4.99 Å². The maximum atomic E-state index is 4.40. The van der Waals surface area contributed by atoms with Crippen LogP contribution in [0.15, 0.2) is 83.4 Å². The number of aryl methyl sites for hydroxylation is 1. The van der Waals surface area contributed by atoms with Crippen LogP contribution in [0.5, 0.6) is 0 Å². The molecule has 0 bridgehead atoms. The van der Waals surface area contributed by atoms with E-state index in [-0.39, 0.29) is 5.41 Å². The van der Waals surface area contributed by atoms with Crippen LogP contribution in [0.3, 0.4) is 0 Å². The van der Waals surface area contributed by atoms with E-state index in [0.717, 1.165) is 32.1 Å². The second-order valence-electron chi connectivity index (χ2n) is 9.63. The molecule has 0 N–H and O–H groups in total. The third-order valence-corrected chi connectivity index (χ3v) is 6.73. The molecule has 1 heteroatoms. The molecule has 0 aromatic heterocycles. The monoisotopic (exact) mass is 443 g/mol. The molecule has 1 aliphatic rings. The molecular weight excluding hydrogens is 398 g/mol. The zero-order valence-electron chi connectivity index (χ0n) is 22.0. The third kappa shape index (κ3) is 7.56. The van der Waals surface area contributed by atoms with Crippen LogP contribution in [0, 0.1) is 18.3 Å². The number of hydrogen-bond acceptors (Lipinski definition) is 1. The summed E-state index contributed by atoms with van der Waals surface area (Å²) < 4.78 is 0. The van der Waals surface area contributed by atoms with Gasteiger partial charge in [0, 0.05) is 12.8 Å². The molecule has 0 radical (unpaired) electrons. The van der Waals surface area contributed by atoms with Gasteiger partial charge in [0.25, 0.3) is 0 Å². The zero-order chi connectivity index (χ0) is 24.3. The summed E-state index contributed by atoms with van der Waals surface area (Å²) in [6.07, 6.45) is 21.7. The van der Waals surface area contributed by atoms with Gasteiger partial charge >= 0.3 is 0 Å². The standard InChI is InChI=1S/C32H45N/c1-8-12-15-28(16-13-9-2)31(29-19-17-25(5)18-20-29)30(14-10-3)21-27-23-32(11-4,24-27)22-26(6)33-7/h11-13,15-21,27H,4,8-10,14,22-24H2,1-3,5-7H3/b15-12-,16-13+,30-21-,31-28-,33-26-. The van der Waals surface area contributed by atoms with Crippen molar-refractivity contribution in [2.45, 2.75) is 79.6 Å². The van der Waals surface area contributed by atoms with Gasteiger partial charge in [-0.25, -0.2) is 0 Å². The van der Waals surface area contributed by atoms with E-state index < -0.39 is 0 Å². The summed E-state index contributed by atoms with van der Waals surface area (Å²) in [5, 5.41) is 0. The summed E-state index contributed by atoms with van der Waals surface area (Å²) in [5.41, 5.74) is 8.27. The summed E-state index contributed by atoms with van der Waals surface area (Å²) in [7, 11) is 1.90. The molecule has 1 saturated carbocycles. The van der Waals surface area contributed by atoms with Crippen molar-refractivity contribution >= 4 is 11.3 Å². The van der Waals surface area contributed by atoms with E-state index in [4.69, 9.17) is 0 Å². The number of nitrogens with zero attached hydrogens (tertiary/aromatic N) is 1. The lowest BCUT2D eigenvalue weighted by molar-refractivity contribution is 0.152. The Morgan fingerprint density at radius 1 is 1.06 bits per heavy atom. The van der Waals surface area contributed by atoms with Crippen LogP contribution in [0.2, 0.25) is 0 Å². The predicted octanol–water partition coefficient (Wildman–Crippen LogP) is 9.47. The van der Waals surface area contributed by atoms with Crippen molar-refractivity contribution in [1.29, 1.82) is 0 Å². The lowest BCUT2D eigenvalue weighted by Crippen LogP contribution is -2.36. The highest BCUT2D eigenvalue weighted by molar-refractivity contribution is 5.85. The molecular formula is C32H45N. The first-order valence-electron chi connectivity index (χ1n) is 12.8. The van der Waals surface area contributed by atoms with Crippen LogP contribution in [-0.2, 0) is 0 Å². The molecule has 2 rings (SSSR count). The molecule has 1 aliphatic carbocycles. The van der Waals surface area contributed by atoms with Gasteiger partial charge in [-0.05, 0) is 86.0 Å². The summed E-state index contributed by atoms with van der Waals surface area (Å²) in [6.45, 7) is 15.2. The Labute approximate surface area is 203 Å². The van der Waals surface area contributed by atoms with E-state index in [1.807, 2.05) is 7.05 Å². The average molecular weight is 444 g/mol. The Morgan fingerprint density at radius 2 is 1.67 bits per heavy atom. The third-order valence-electron chi connectivity index (χ3n) is 6.73. The Balaban J connectivity index is 2.54. The smallest absolute Gasteiger partial charge is 0.0276 e. The SMILES string of the molecule is C=CC1(C/C(C)=N\C)CC(\C=C(CCC)/C(=C(/C=C\CC)\C=C\CC)c2ccc(C)cc2)C1. The molecule has 178 valence electrons. The topological polar surface area (TPSA) is 12.4 Å². The fourth-order valence-electron chi connectivity index (χ4n) is 4.89. The zero-order valence-corrected chi connectivity index (χ0v) is 22.0. The summed E-state index contributed by atoms with van der Waals surface area (Å²) in [6, 6.07) is 9.07. The van der Waals surface area contributed by atoms with Crippen molar-refractivity contribution in [2.24, 2.45) is 16.3 Å². The summed E-state index contributed by atoms with van der Waals surface area (Å²) in [4.78, 5) is 4.40. The lowest BCUT2D eigenvalue weighted by Gasteiger charge is -2.45. The number of benzene rings is 1. The van der Waals surface area contributed by atoms with Gasteiger partial charge in [0.2, 0.25) is 0 Å². The van der Waals surface area contributed by atoms with Crippen LogP contribution in [0.25, 0.3) is 5.57 Å². The van der Waals surface area contributed by atoms with Crippen molar-refractivity contribution in [2.75, 3.05) is 7.05 Å². The van der Waals surface area contributed by atoms with E-state index in [1.54, 1.807) is 0 Å². The van der Waals surface area contributed by atoms with Gasteiger partial charge in [-0.15, -0.1) is 6.58 Å². The summed E-state index contributed by atoms with van der Waals surface area (Å²) in [5.74, 6) is 0.598. The molecule has 0 spiro atoms. The second kappa shape index (κ2) is 13.3. The van der Waals surface area contributed by atoms with Gasteiger partial charge in [0.05, 0.1) is 0 Å². The molecule has 0 aliphatic heterocycles. The molecule has 1 aromatic rings. The molecule has 1 aromatic carbocycles. The minimum absolute atomic E-state index is 0.211. The highest BCUT2D eigenvalue weighted by Gasteiger charge is 2.41. The maximum absolute atomic E-state index is 4.40. The molecule has 33 heavy (non-hydrogen) atoms. The summed E-state index contributed by atoms with van der Waals surface area (Å²) >= 11 is 0. The van der Waals surface area contributed by atoms with E-state index in [0.29, 0.717) is 5.92 Å². The Morgan fingerprint density at radius 3 is 2.15 bits per heavy atom. The number of allylic oxidation sites excluding steroid dienone is 9. The molecule has 0 saturated heterocycles. The first-order chi connectivity index (χ1) is 15.9. The maximum Gasteiger partial charge on any atom is 0.0276 e. The van der Waals surface area contributed by atoms with Gasteiger partial charge in [0.1, 0.15) is 0 Å². The van der Waals surface area contributed by atoms with E-state index in [9.17, 15) is 0 Å². The normalized spacial score (nSPS) is 22.5. The fraction of sp³-hybridized carbons (Fsp3) is 0.469. The van der Waals surface area contributed by atoms with E-state index >= 15 is 0 Å². The van der Waals surface area contributed by atoms with Crippen LogP contribution < -0.4 is 0 Å². The van der Waals surface area contributed by atoms with Gasteiger partial charge < -0.3 is 0 Å². The molecule has 0 amide bonds.